The summed E-state index contributed by atoms with van der Waals surface area (Å²) < 4.78 is 16.8. The van der Waals surface area contributed by atoms with Crippen molar-refractivity contribution in [2.24, 2.45) is 0 Å². The lowest BCUT2D eigenvalue weighted by molar-refractivity contribution is -0.167. The van der Waals surface area contributed by atoms with Crippen molar-refractivity contribution in [2.75, 3.05) is 13.2 Å². The summed E-state index contributed by atoms with van der Waals surface area (Å²) >= 11 is 0. The lowest BCUT2D eigenvalue weighted by Crippen LogP contribution is -2.30. The summed E-state index contributed by atoms with van der Waals surface area (Å²) in [5.74, 6) is -0.958. The van der Waals surface area contributed by atoms with E-state index in [0.29, 0.717) is 19.3 Å². The van der Waals surface area contributed by atoms with Crippen LogP contribution in [0.15, 0.2) is 97.2 Å². The molecule has 0 spiro atoms. The number of ether oxygens (including phenoxy) is 3. The first kappa shape index (κ1) is 65.3. The maximum Gasteiger partial charge on any atom is 0.306 e. The summed E-state index contributed by atoms with van der Waals surface area (Å²) in [5.41, 5.74) is 0. The molecular formula is C63H106O6. The highest BCUT2D eigenvalue weighted by Gasteiger charge is 2.19. The molecule has 0 N–H and O–H groups in total. The SMILES string of the molecule is CC/C=C\C/C=C\C/C=C\C/C=C\C/C=C\C/C=C\CCCCC(=O)OCC(COC(=O)CCCCCCC/C=C\CCCCCCC)OC(=O)CCCCCCC/C=C\CCCCCCCCC. The zero-order valence-electron chi connectivity index (χ0n) is 45.0. The number of hydrogen-bond acceptors (Lipinski definition) is 6. The predicted octanol–water partition coefficient (Wildman–Crippen LogP) is 19.3. The quantitative estimate of drug-likeness (QED) is 0.0262. The number of hydrogen-bond donors (Lipinski definition) is 0. The Morgan fingerprint density at radius 3 is 0.928 bits per heavy atom. The molecule has 0 bridgehead atoms. The Balaban J connectivity index is 4.48. The van der Waals surface area contributed by atoms with Gasteiger partial charge in [0.2, 0.25) is 0 Å². The Kier molecular flexibility index (Phi) is 53.9. The Bertz CT molecular complexity index is 1380. The molecule has 0 heterocycles. The molecule has 0 aromatic carbocycles. The maximum absolute atomic E-state index is 12.8. The van der Waals surface area contributed by atoms with E-state index in [4.69, 9.17) is 14.2 Å². The van der Waals surface area contributed by atoms with Crippen molar-refractivity contribution in [3.05, 3.63) is 97.2 Å². The highest BCUT2D eigenvalue weighted by atomic mass is 16.6. The molecule has 1 unspecified atom stereocenters. The van der Waals surface area contributed by atoms with E-state index in [1.807, 2.05) is 0 Å². The van der Waals surface area contributed by atoms with Gasteiger partial charge in [-0.05, 0) is 122 Å². The van der Waals surface area contributed by atoms with E-state index >= 15 is 0 Å². The molecule has 0 radical (unpaired) electrons. The van der Waals surface area contributed by atoms with Gasteiger partial charge in [0.1, 0.15) is 13.2 Å². The summed E-state index contributed by atoms with van der Waals surface area (Å²) in [6.45, 7) is 6.47. The Labute approximate surface area is 426 Å². The van der Waals surface area contributed by atoms with Gasteiger partial charge in [-0.25, -0.2) is 0 Å². The Morgan fingerprint density at radius 2 is 0.565 bits per heavy atom. The number of carbonyl (C=O) groups excluding carboxylic acids is 3. The predicted molar refractivity (Wildman–Crippen MR) is 297 cm³/mol. The molecule has 6 nitrogen and oxygen atoms in total. The fraction of sp³-hybridized carbons (Fsp3) is 0.698. The summed E-state index contributed by atoms with van der Waals surface area (Å²) in [7, 11) is 0. The molecule has 0 amide bonds. The van der Waals surface area contributed by atoms with Gasteiger partial charge in [0.05, 0.1) is 0 Å². The Morgan fingerprint density at radius 1 is 0.304 bits per heavy atom. The molecule has 0 rings (SSSR count). The van der Waals surface area contributed by atoms with E-state index in [9.17, 15) is 14.4 Å². The number of rotatable bonds is 51. The molecule has 6 heteroatoms. The largest absolute Gasteiger partial charge is 0.462 e. The summed E-state index contributed by atoms with van der Waals surface area (Å²) in [6, 6.07) is 0. The molecule has 69 heavy (non-hydrogen) atoms. The van der Waals surface area contributed by atoms with Crippen molar-refractivity contribution in [1.82, 2.24) is 0 Å². The van der Waals surface area contributed by atoms with Crippen molar-refractivity contribution in [2.45, 2.75) is 271 Å². The van der Waals surface area contributed by atoms with Gasteiger partial charge in [-0.1, -0.05) is 221 Å². The molecule has 1 atom stereocenters. The number of unbranched alkanes of at least 4 members (excludes halogenated alkanes) is 24. The van der Waals surface area contributed by atoms with Crippen LogP contribution in [0.2, 0.25) is 0 Å². The third-order valence-corrected chi connectivity index (χ3v) is 12.0. The lowest BCUT2D eigenvalue weighted by atomic mass is 10.1. The van der Waals surface area contributed by atoms with E-state index in [0.717, 1.165) is 116 Å². The van der Waals surface area contributed by atoms with E-state index in [1.54, 1.807) is 0 Å². The highest BCUT2D eigenvalue weighted by molar-refractivity contribution is 5.71. The van der Waals surface area contributed by atoms with Crippen molar-refractivity contribution in [3.63, 3.8) is 0 Å². The maximum atomic E-state index is 12.8. The molecule has 0 aliphatic rings. The lowest BCUT2D eigenvalue weighted by Gasteiger charge is -2.18. The van der Waals surface area contributed by atoms with Crippen LogP contribution in [0, 0.1) is 0 Å². The number of carbonyl (C=O) groups is 3. The van der Waals surface area contributed by atoms with Crippen LogP contribution in [0.1, 0.15) is 265 Å². The molecule has 0 aliphatic heterocycles. The second-order valence-corrected chi connectivity index (χ2v) is 18.8. The van der Waals surface area contributed by atoms with Gasteiger partial charge in [0.15, 0.2) is 6.10 Å². The minimum atomic E-state index is -0.804. The minimum absolute atomic E-state index is 0.0993. The monoisotopic (exact) mass is 959 g/mol. The van der Waals surface area contributed by atoms with Crippen molar-refractivity contribution in [1.29, 1.82) is 0 Å². The van der Waals surface area contributed by atoms with Gasteiger partial charge in [-0.2, -0.15) is 0 Å². The zero-order chi connectivity index (χ0) is 50.0. The second-order valence-electron chi connectivity index (χ2n) is 18.8. The third-order valence-electron chi connectivity index (χ3n) is 12.0. The van der Waals surface area contributed by atoms with E-state index in [1.165, 1.54) is 109 Å². The van der Waals surface area contributed by atoms with Gasteiger partial charge >= 0.3 is 17.9 Å². The van der Waals surface area contributed by atoms with Gasteiger partial charge < -0.3 is 14.2 Å². The van der Waals surface area contributed by atoms with Gasteiger partial charge in [-0.3, -0.25) is 14.4 Å². The van der Waals surface area contributed by atoms with Crippen LogP contribution in [0.5, 0.6) is 0 Å². The van der Waals surface area contributed by atoms with Gasteiger partial charge in [0, 0.05) is 19.3 Å². The molecule has 0 aromatic rings. The fourth-order valence-electron chi connectivity index (χ4n) is 7.73. The van der Waals surface area contributed by atoms with Crippen LogP contribution in [0.4, 0.5) is 0 Å². The second kappa shape index (κ2) is 56.9. The van der Waals surface area contributed by atoms with Crippen LogP contribution in [-0.2, 0) is 28.6 Å². The summed E-state index contributed by atoms with van der Waals surface area (Å²) in [5, 5.41) is 0. The number of allylic oxidation sites excluding steroid dienone is 16. The molecule has 0 fully saturated rings. The van der Waals surface area contributed by atoms with E-state index in [2.05, 4.69) is 118 Å². The molecule has 0 aliphatic carbocycles. The smallest absolute Gasteiger partial charge is 0.306 e. The van der Waals surface area contributed by atoms with Crippen LogP contribution >= 0.6 is 0 Å². The van der Waals surface area contributed by atoms with Crippen LogP contribution < -0.4 is 0 Å². The van der Waals surface area contributed by atoms with Crippen LogP contribution in [0.25, 0.3) is 0 Å². The van der Waals surface area contributed by atoms with E-state index in [-0.39, 0.29) is 31.1 Å². The van der Waals surface area contributed by atoms with Crippen LogP contribution in [0.3, 0.4) is 0 Å². The van der Waals surface area contributed by atoms with Crippen molar-refractivity contribution < 1.29 is 28.6 Å². The first-order valence-electron chi connectivity index (χ1n) is 28.7. The van der Waals surface area contributed by atoms with Crippen LogP contribution in [-0.4, -0.2) is 37.2 Å². The third kappa shape index (κ3) is 55.1. The van der Waals surface area contributed by atoms with Gasteiger partial charge in [-0.15, -0.1) is 0 Å². The molecule has 0 saturated carbocycles. The molecule has 0 aromatic heterocycles. The summed E-state index contributed by atoms with van der Waals surface area (Å²) in [6.07, 6.45) is 75.4. The fourth-order valence-corrected chi connectivity index (χ4v) is 7.73. The van der Waals surface area contributed by atoms with E-state index < -0.39 is 6.10 Å². The molecule has 0 saturated heterocycles. The molecule has 394 valence electrons. The minimum Gasteiger partial charge on any atom is -0.462 e. The first-order chi connectivity index (χ1) is 34.0. The number of esters is 3. The average Bonchev–Trinajstić information content (AvgIpc) is 3.35. The normalized spacial score (nSPS) is 12.8. The molecular weight excluding hydrogens is 853 g/mol. The van der Waals surface area contributed by atoms with Crippen molar-refractivity contribution >= 4 is 17.9 Å². The average molecular weight is 960 g/mol. The Hall–Kier alpha value is -3.67. The first-order valence-corrected chi connectivity index (χ1v) is 28.7. The topological polar surface area (TPSA) is 78.9 Å². The van der Waals surface area contributed by atoms with Crippen molar-refractivity contribution in [3.8, 4) is 0 Å². The zero-order valence-corrected chi connectivity index (χ0v) is 45.0. The highest BCUT2D eigenvalue weighted by Crippen LogP contribution is 2.14. The standard InChI is InChI=1S/C63H106O6/c1-4-7-10-13-16-19-22-25-28-30-31-32-33-34-36-38-41-44-47-50-53-56-62(65)68-59-60(58-67-61(64)55-52-49-46-43-40-37-27-24-21-18-15-12-9-6-3)69-63(66)57-54-51-48-45-42-39-35-29-26-23-20-17-14-11-8-5-2/h7,10,16,19,24-25,27-29,31-32,34-36,41,44,60H,4-6,8-9,11-15,17-18,20-23,26,30,33,37-40,42-43,45-59H2,1-3H3/b10-7-,19-16-,27-24-,28-25-,32-31-,35-29-,36-34-,44-41-. The summed E-state index contributed by atoms with van der Waals surface area (Å²) in [4.78, 5) is 38.1. The van der Waals surface area contributed by atoms with Gasteiger partial charge in [0.25, 0.3) is 0 Å².